The molecule has 0 aliphatic heterocycles. The van der Waals surface area contributed by atoms with Gasteiger partial charge in [-0.15, -0.1) is 0 Å². The van der Waals surface area contributed by atoms with Crippen molar-refractivity contribution in [2.24, 2.45) is 0 Å². The van der Waals surface area contributed by atoms with E-state index >= 15 is 0 Å². The summed E-state index contributed by atoms with van der Waals surface area (Å²) >= 11 is 0. The van der Waals surface area contributed by atoms with Gasteiger partial charge in [0.25, 0.3) is 0 Å². The van der Waals surface area contributed by atoms with Gasteiger partial charge in [0, 0.05) is 6.54 Å². The lowest BCUT2D eigenvalue weighted by Crippen LogP contribution is -2.24. The molecule has 2 aromatic rings. The van der Waals surface area contributed by atoms with E-state index in [1.54, 1.807) is 19.1 Å². The largest absolute Gasteiger partial charge is 0.494 e. The first-order valence-electron chi connectivity index (χ1n) is 7.21. The monoisotopic (exact) mass is 319 g/mol. The third-order valence-corrected chi connectivity index (χ3v) is 4.91. The minimum Gasteiger partial charge on any atom is -0.494 e. The van der Waals surface area contributed by atoms with Gasteiger partial charge in [-0.1, -0.05) is 30.3 Å². The average Bonchev–Trinajstić information content (AvgIpc) is 2.50. The average molecular weight is 319 g/mol. The molecule has 0 aliphatic rings. The zero-order valence-corrected chi connectivity index (χ0v) is 13.9. The van der Waals surface area contributed by atoms with Crippen LogP contribution in [0, 0.1) is 13.8 Å². The van der Waals surface area contributed by atoms with E-state index in [0.29, 0.717) is 17.1 Å². The Kier molecular flexibility index (Phi) is 5.21. The van der Waals surface area contributed by atoms with Gasteiger partial charge in [0.05, 0.1) is 11.5 Å². The van der Waals surface area contributed by atoms with E-state index in [2.05, 4.69) is 4.72 Å². The maximum absolute atomic E-state index is 12.5. The van der Waals surface area contributed by atoms with Crippen LogP contribution in [0.25, 0.3) is 0 Å². The molecule has 0 spiro atoms. The Labute approximate surface area is 132 Å². The lowest BCUT2D eigenvalue weighted by Gasteiger charge is -2.13. The van der Waals surface area contributed by atoms with Crippen molar-refractivity contribution < 1.29 is 13.2 Å². The fourth-order valence-corrected chi connectivity index (χ4v) is 3.54. The molecule has 0 saturated heterocycles. The van der Waals surface area contributed by atoms with Crippen molar-refractivity contribution in [2.75, 3.05) is 6.61 Å². The van der Waals surface area contributed by atoms with Crippen LogP contribution >= 0.6 is 0 Å². The number of hydrogen-bond acceptors (Lipinski definition) is 3. The molecule has 118 valence electrons. The van der Waals surface area contributed by atoms with Crippen molar-refractivity contribution in [2.45, 2.75) is 32.2 Å². The molecule has 0 unspecified atom stereocenters. The van der Waals surface area contributed by atoms with Gasteiger partial charge in [-0.3, -0.25) is 0 Å². The normalized spacial score (nSPS) is 11.4. The number of sulfonamides is 1. The Bertz CT molecular complexity index is 740. The van der Waals surface area contributed by atoms with Gasteiger partial charge in [-0.2, -0.15) is 0 Å². The van der Waals surface area contributed by atoms with E-state index in [1.165, 1.54) is 0 Å². The summed E-state index contributed by atoms with van der Waals surface area (Å²) in [4.78, 5) is 0.296. The minimum atomic E-state index is -3.55. The fraction of sp³-hybridized carbons (Fsp3) is 0.294. The number of rotatable bonds is 6. The van der Waals surface area contributed by atoms with Crippen molar-refractivity contribution in [1.29, 1.82) is 0 Å². The third kappa shape index (κ3) is 3.87. The second-order valence-electron chi connectivity index (χ2n) is 5.13. The number of ether oxygens (including phenoxy) is 1. The molecule has 1 N–H and O–H groups in total. The maximum Gasteiger partial charge on any atom is 0.241 e. The molecule has 2 rings (SSSR count). The molecule has 0 saturated carbocycles. The summed E-state index contributed by atoms with van der Waals surface area (Å²) in [6.45, 7) is 6.36. The quantitative estimate of drug-likeness (QED) is 0.889. The first kappa shape index (κ1) is 16.5. The standard InChI is InChI=1S/C17H21NO3S/c1-4-21-16-10-14(3)17(11-13(16)2)22(19,20)18-12-15-8-6-5-7-9-15/h5-11,18H,4,12H2,1-3H3. The highest BCUT2D eigenvalue weighted by atomic mass is 32.2. The molecule has 0 bridgehead atoms. The van der Waals surface area contributed by atoms with Crippen molar-refractivity contribution in [3.63, 3.8) is 0 Å². The number of benzene rings is 2. The molecule has 0 amide bonds. The lowest BCUT2D eigenvalue weighted by atomic mass is 10.1. The molecule has 0 atom stereocenters. The Morgan fingerprint density at radius 1 is 1.05 bits per heavy atom. The van der Waals surface area contributed by atoms with E-state index in [-0.39, 0.29) is 6.54 Å². The molecule has 5 heteroatoms. The number of aryl methyl sites for hydroxylation is 2. The molecular formula is C17H21NO3S. The third-order valence-electron chi connectivity index (χ3n) is 3.37. The zero-order valence-electron chi connectivity index (χ0n) is 13.1. The second-order valence-corrected chi connectivity index (χ2v) is 6.86. The topological polar surface area (TPSA) is 55.4 Å². The van der Waals surface area contributed by atoms with Crippen LogP contribution in [0.5, 0.6) is 5.75 Å². The van der Waals surface area contributed by atoms with Crippen molar-refractivity contribution in [3.05, 3.63) is 59.2 Å². The molecular weight excluding hydrogens is 298 g/mol. The summed E-state index contributed by atoms with van der Waals surface area (Å²) in [6, 6.07) is 12.9. The van der Waals surface area contributed by atoms with Crippen molar-refractivity contribution in [1.82, 2.24) is 4.72 Å². The smallest absolute Gasteiger partial charge is 0.241 e. The predicted molar refractivity (Wildman–Crippen MR) is 87.6 cm³/mol. The summed E-state index contributed by atoms with van der Waals surface area (Å²) in [7, 11) is -3.55. The van der Waals surface area contributed by atoms with E-state index in [4.69, 9.17) is 4.74 Å². The van der Waals surface area contributed by atoms with Crippen LogP contribution < -0.4 is 9.46 Å². The highest BCUT2D eigenvalue weighted by molar-refractivity contribution is 7.89. The van der Waals surface area contributed by atoms with Gasteiger partial charge in [0.15, 0.2) is 0 Å². The van der Waals surface area contributed by atoms with Crippen LogP contribution in [0.2, 0.25) is 0 Å². The molecule has 0 radical (unpaired) electrons. The van der Waals surface area contributed by atoms with Crippen molar-refractivity contribution in [3.8, 4) is 5.75 Å². The van der Waals surface area contributed by atoms with E-state index < -0.39 is 10.0 Å². The van der Waals surface area contributed by atoms with Gasteiger partial charge in [0.1, 0.15) is 5.75 Å². The van der Waals surface area contributed by atoms with E-state index in [9.17, 15) is 8.42 Å². The Hall–Kier alpha value is -1.85. The molecule has 22 heavy (non-hydrogen) atoms. The zero-order chi connectivity index (χ0) is 16.2. The summed E-state index contributed by atoms with van der Waals surface area (Å²) in [6.07, 6.45) is 0. The highest BCUT2D eigenvalue weighted by Crippen LogP contribution is 2.26. The van der Waals surface area contributed by atoms with E-state index in [0.717, 1.165) is 16.9 Å². The highest BCUT2D eigenvalue weighted by Gasteiger charge is 2.18. The van der Waals surface area contributed by atoms with Gasteiger partial charge in [0.2, 0.25) is 10.0 Å². The number of hydrogen-bond donors (Lipinski definition) is 1. The van der Waals surface area contributed by atoms with Gasteiger partial charge in [-0.25, -0.2) is 13.1 Å². The second kappa shape index (κ2) is 6.94. The lowest BCUT2D eigenvalue weighted by molar-refractivity contribution is 0.337. The van der Waals surface area contributed by atoms with Crippen LogP contribution in [0.15, 0.2) is 47.4 Å². The van der Waals surface area contributed by atoms with Crippen LogP contribution in [0.1, 0.15) is 23.6 Å². The van der Waals surface area contributed by atoms with Crippen molar-refractivity contribution >= 4 is 10.0 Å². The molecule has 0 fully saturated rings. The summed E-state index contributed by atoms with van der Waals surface area (Å²) in [5, 5.41) is 0. The molecule has 2 aromatic carbocycles. The van der Waals surface area contributed by atoms with Gasteiger partial charge in [-0.05, 0) is 49.6 Å². The minimum absolute atomic E-state index is 0.273. The van der Waals surface area contributed by atoms with Crippen LogP contribution in [0.4, 0.5) is 0 Å². The summed E-state index contributed by atoms with van der Waals surface area (Å²) in [5.74, 6) is 0.724. The Balaban J connectivity index is 2.24. The van der Waals surface area contributed by atoms with Crippen LogP contribution in [-0.2, 0) is 16.6 Å². The SMILES string of the molecule is CCOc1cc(C)c(S(=O)(=O)NCc2ccccc2)cc1C. The molecule has 0 aliphatic carbocycles. The first-order chi connectivity index (χ1) is 10.4. The Morgan fingerprint density at radius 3 is 2.36 bits per heavy atom. The first-order valence-corrected chi connectivity index (χ1v) is 8.70. The Morgan fingerprint density at radius 2 is 1.73 bits per heavy atom. The van der Waals surface area contributed by atoms with Gasteiger partial charge < -0.3 is 4.74 Å². The fourth-order valence-electron chi connectivity index (χ4n) is 2.22. The molecule has 0 heterocycles. The summed E-state index contributed by atoms with van der Waals surface area (Å²) in [5.41, 5.74) is 2.41. The number of nitrogens with one attached hydrogen (secondary N) is 1. The van der Waals surface area contributed by atoms with Crippen LogP contribution in [0.3, 0.4) is 0 Å². The maximum atomic E-state index is 12.5. The molecule has 0 aromatic heterocycles. The van der Waals surface area contributed by atoms with E-state index in [1.807, 2.05) is 44.2 Å². The summed E-state index contributed by atoms with van der Waals surface area (Å²) < 4.78 is 33.1. The molecule has 4 nitrogen and oxygen atoms in total. The van der Waals surface area contributed by atoms with Gasteiger partial charge >= 0.3 is 0 Å². The van der Waals surface area contributed by atoms with Crippen LogP contribution in [-0.4, -0.2) is 15.0 Å². The predicted octanol–water partition coefficient (Wildman–Crippen LogP) is 3.18.